The van der Waals surface area contributed by atoms with Crippen molar-refractivity contribution < 1.29 is 18.4 Å². The number of alkyl halides is 2. The van der Waals surface area contributed by atoms with Crippen LogP contribution in [0.15, 0.2) is 36.7 Å². The van der Waals surface area contributed by atoms with E-state index in [1.165, 1.54) is 24.3 Å². The molecule has 1 aliphatic heterocycles. The Bertz CT molecular complexity index is 789. The minimum atomic E-state index is -2.70. The summed E-state index contributed by atoms with van der Waals surface area (Å²) < 4.78 is 26.5. The van der Waals surface area contributed by atoms with Gasteiger partial charge in [0.05, 0.1) is 6.54 Å². The molecular formula is C18H20F2N4O2. The van der Waals surface area contributed by atoms with Gasteiger partial charge in [-0.1, -0.05) is 0 Å². The van der Waals surface area contributed by atoms with E-state index in [1.54, 1.807) is 29.2 Å². The molecule has 1 aromatic carbocycles. The quantitative estimate of drug-likeness (QED) is 0.821. The number of piperidine rings is 1. The van der Waals surface area contributed by atoms with Gasteiger partial charge in [0.1, 0.15) is 5.82 Å². The molecule has 1 fully saturated rings. The molecule has 8 heteroatoms. The molecular weight excluding hydrogens is 342 g/mol. The van der Waals surface area contributed by atoms with Gasteiger partial charge in [0, 0.05) is 43.7 Å². The van der Waals surface area contributed by atoms with E-state index < -0.39 is 6.55 Å². The topological polar surface area (TPSA) is 58.4 Å². The van der Waals surface area contributed by atoms with E-state index in [-0.39, 0.29) is 24.2 Å². The van der Waals surface area contributed by atoms with Crippen LogP contribution in [0.4, 0.5) is 14.5 Å². The van der Waals surface area contributed by atoms with Crippen LogP contribution in [0.3, 0.4) is 0 Å². The molecule has 0 N–H and O–H groups in total. The summed E-state index contributed by atoms with van der Waals surface area (Å²) in [5.41, 5.74) is 1.19. The van der Waals surface area contributed by atoms with Gasteiger partial charge in [0.15, 0.2) is 0 Å². The van der Waals surface area contributed by atoms with Crippen molar-refractivity contribution in [3.63, 3.8) is 0 Å². The highest BCUT2D eigenvalue weighted by Crippen LogP contribution is 2.22. The summed E-state index contributed by atoms with van der Waals surface area (Å²) in [6.07, 6.45) is 4.88. The average molecular weight is 362 g/mol. The lowest BCUT2D eigenvalue weighted by Gasteiger charge is -2.27. The number of carbonyl (C=O) groups is 2. The molecule has 0 saturated carbocycles. The van der Waals surface area contributed by atoms with Crippen molar-refractivity contribution in [2.24, 2.45) is 0 Å². The van der Waals surface area contributed by atoms with Crippen LogP contribution in [0.5, 0.6) is 0 Å². The smallest absolute Gasteiger partial charge is 0.319 e. The summed E-state index contributed by atoms with van der Waals surface area (Å²) in [6, 6.07) is 6.78. The molecule has 26 heavy (non-hydrogen) atoms. The summed E-state index contributed by atoms with van der Waals surface area (Å²) in [5, 5.41) is 0. The fourth-order valence-corrected chi connectivity index (χ4v) is 3.01. The summed E-state index contributed by atoms with van der Waals surface area (Å²) in [4.78, 5) is 31.4. The van der Waals surface area contributed by atoms with Gasteiger partial charge in [0.2, 0.25) is 5.91 Å². The fraction of sp³-hybridized carbons (Fsp3) is 0.389. The first kappa shape index (κ1) is 18.0. The Morgan fingerprint density at radius 1 is 1.27 bits per heavy atom. The summed E-state index contributed by atoms with van der Waals surface area (Å²) >= 11 is 0. The number of benzene rings is 1. The van der Waals surface area contributed by atoms with Gasteiger partial charge in [-0.05, 0) is 37.1 Å². The van der Waals surface area contributed by atoms with Crippen LogP contribution in [0, 0.1) is 0 Å². The van der Waals surface area contributed by atoms with E-state index in [0.717, 1.165) is 23.1 Å². The van der Waals surface area contributed by atoms with Gasteiger partial charge in [-0.15, -0.1) is 0 Å². The Hall–Kier alpha value is -2.77. The Labute approximate surface area is 150 Å². The van der Waals surface area contributed by atoms with Crippen LogP contribution < -0.4 is 4.90 Å². The Morgan fingerprint density at radius 2 is 2.00 bits per heavy atom. The molecule has 1 saturated heterocycles. The third-order valence-corrected chi connectivity index (χ3v) is 4.43. The maximum atomic E-state index is 12.9. The molecule has 2 amide bonds. The second-order valence-corrected chi connectivity index (χ2v) is 6.24. The lowest BCUT2D eigenvalue weighted by atomic mass is 10.1. The highest BCUT2D eigenvalue weighted by Gasteiger charge is 2.21. The van der Waals surface area contributed by atoms with Gasteiger partial charge in [-0.25, -0.2) is 4.98 Å². The molecule has 0 aliphatic carbocycles. The molecule has 3 rings (SSSR count). The first-order valence-electron chi connectivity index (χ1n) is 8.43. The number of halogens is 2. The number of rotatable bonds is 5. The number of nitrogens with zero attached hydrogens (tertiary/aromatic N) is 4. The second-order valence-electron chi connectivity index (χ2n) is 6.24. The Morgan fingerprint density at radius 3 is 2.65 bits per heavy atom. The predicted molar refractivity (Wildman–Crippen MR) is 91.9 cm³/mol. The number of hydrogen-bond donors (Lipinski definition) is 0. The standard InChI is InChI=1S/C18H20F2N4O2/c1-22(12-15-21-9-11-24(15)18(19)20)17(26)13-5-7-14(8-6-13)23-10-3-2-4-16(23)25/h5-9,11,18H,2-4,10,12H2,1H3. The van der Waals surface area contributed by atoms with E-state index in [1.807, 2.05) is 0 Å². The first-order valence-corrected chi connectivity index (χ1v) is 8.43. The summed E-state index contributed by atoms with van der Waals surface area (Å²) in [5.74, 6) is -0.0944. The van der Waals surface area contributed by atoms with E-state index in [0.29, 0.717) is 18.5 Å². The highest BCUT2D eigenvalue weighted by atomic mass is 19.3. The maximum absolute atomic E-state index is 12.9. The van der Waals surface area contributed by atoms with Crippen molar-refractivity contribution in [1.82, 2.24) is 14.5 Å². The van der Waals surface area contributed by atoms with Crippen molar-refractivity contribution >= 4 is 17.5 Å². The molecule has 2 aromatic rings. The van der Waals surface area contributed by atoms with E-state index in [4.69, 9.17) is 0 Å². The minimum Gasteiger partial charge on any atom is -0.334 e. The molecule has 138 valence electrons. The number of amides is 2. The third-order valence-electron chi connectivity index (χ3n) is 4.43. The largest absolute Gasteiger partial charge is 0.334 e. The van der Waals surface area contributed by atoms with Gasteiger partial charge in [-0.3, -0.25) is 14.2 Å². The minimum absolute atomic E-state index is 0.0253. The van der Waals surface area contributed by atoms with Crippen LogP contribution in [-0.4, -0.2) is 39.9 Å². The van der Waals surface area contributed by atoms with E-state index >= 15 is 0 Å². The lowest BCUT2D eigenvalue weighted by molar-refractivity contribution is -0.119. The van der Waals surface area contributed by atoms with Gasteiger partial charge in [0.25, 0.3) is 5.91 Å². The molecule has 0 radical (unpaired) electrons. The number of hydrogen-bond acceptors (Lipinski definition) is 3. The van der Waals surface area contributed by atoms with Crippen molar-refractivity contribution in [3.8, 4) is 0 Å². The van der Waals surface area contributed by atoms with Crippen molar-refractivity contribution in [2.75, 3.05) is 18.5 Å². The molecule has 0 atom stereocenters. The number of anilines is 1. The second kappa shape index (κ2) is 7.63. The SMILES string of the molecule is CN(Cc1nccn1C(F)F)C(=O)c1ccc(N2CCCCC2=O)cc1. The van der Waals surface area contributed by atoms with Gasteiger partial charge < -0.3 is 9.80 Å². The normalized spacial score (nSPS) is 14.8. The van der Waals surface area contributed by atoms with Crippen molar-refractivity contribution in [2.45, 2.75) is 32.4 Å². The first-order chi connectivity index (χ1) is 12.5. The highest BCUT2D eigenvalue weighted by molar-refractivity contribution is 5.96. The van der Waals surface area contributed by atoms with E-state index in [2.05, 4.69) is 4.98 Å². The molecule has 6 nitrogen and oxygen atoms in total. The molecule has 1 aliphatic rings. The molecule has 0 unspecified atom stereocenters. The number of carbonyl (C=O) groups excluding carboxylic acids is 2. The predicted octanol–water partition coefficient (Wildman–Crippen LogP) is 3.07. The number of aromatic nitrogens is 2. The maximum Gasteiger partial charge on any atom is 0.319 e. The zero-order chi connectivity index (χ0) is 18.7. The molecule has 2 heterocycles. The zero-order valence-corrected chi connectivity index (χ0v) is 14.4. The molecule has 0 bridgehead atoms. The fourth-order valence-electron chi connectivity index (χ4n) is 3.01. The van der Waals surface area contributed by atoms with Crippen LogP contribution >= 0.6 is 0 Å². The third kappa shape index (κ3) is 3.74. The molecule has 1 aromatic heterocycles. The van der Waals surface area contributed by atoms with Crippen molar-refractivity contribution in [1.29, 1.82) is 0 Å². The van der Waals surface area contributed by atoms with Crippen LogP contribution in [0.25, 0.3) is 0 Å². The van der Waals surface area contributed by atoms with Crippen LogP contribution in [0.2, 0.25) is 0 Å². The summed E-state index contributed by atoms with van der Waals surface area (Å²) in [7, 11) is 1.54. The van der Waals surface area contributed by atoms with Crippen LogP contribution in [-0.2, 0) is 11.3 Å². The zero-order valence-electron chi connectivity index (χ0n) is 14.4. The average Bonchev–Trinajstić information content (AvgIpc) is 3.10. The summed E-state index contributed by atoms with van der Waals surface area (Å²) in [6.45, 7) is -2.04. The van der Waals surface area contributed by atoms with E-state index in [9.17, 15) is 18.4 Å². The number of imidazole rings is 1. The van der Waals surface area contributed by atoms with Crippen molar-refractivity contribution in [3.05, 3.63) is 48.0 Å². The van der Waals surface area contributed by atoms with Gasteiger partial charge in [-0.2, -0.15) is 8.78 Å². The Balaban J connectivity index is 1.69. The lowest BCUT2D eigenvalue weighted by Crippen LogP contribution is -2.35. The van der Waals surface area contributed by atoms with Gasteiger partial charge >= 0.3 is 6.55 Å². The monoisotopic (exact) mass is 362 g/mol. The van der Waals surface area contributed by atoms with Crippen LogP contribution in [0.1, 0.15) is 42.0 Å². The Kier molecular flexibility index (Phi) is 5.29. The molecule has 0 spiro atoms.